The number of aliphatic carboxylic acids is 1. The largest absolute Gasteiger partial charge is 0.506 e. The molecule has 3 N–H and O–H groups in total. The van der Waals surface area contributed by atoms with Gasteiger partial charge in [0.05, 0.1) is 22.4 Å². The number of carbonyl (C=O) groups is 2. The number of aromatic hydroxyl groups is 1. The molecule has 0 radical (unpaired) electrons. The second kappa shape index (κ2) is 6.66. The van der Waals surface area contributed by atoms with Crippen molar-refractivity contribution in [3.63, 3.8) is 0 Å². The standard InChI is InChI=1S/C14H13ClN2O6/c15-7-1-3-9(14(20)21)10(5-7)13(19)16-11-6-8(17(22)23)2-4-12(11)18/h1-2,4,6,9-10,18H,3,5H2,(H,16,19)(H,20,21)/t9-,10+/m0/s1. The molecule has 0 saturated carbocycles. The van der Waals surface area contributed by atoms with Gasteiger partial charge in [0.2, 0.25) is 5.91 Å². The van der Waals surface area contributed by atoms with Crippen molar-refractivity contribution < 1.29 is 24.7 Å². The van der Waals surface area contributed by atoms with Gasteiger partial charge in [-0.1, -0.05) is 17.7 Å². The normalized spacial score (nSPS) is 20.5. The highest BCUT2D eigenvalue weighted by atomic mass is 35.5. The molecule has 0 aromatic heterocycles. The molecule has 1 amide bonds. The fourth-order valence-corrected chi connectivity index (χ4v) is 2.62. The van der Waals surface area contributed by atoms with E-state index in [0.29, 0.717) is 5.03 Å². The second-order valence-corrected chi connectivity index (χ2v) is 5.58. The predicted molar refractivity (Wildman–Crippen MR) is 81.2 cm³/mol. The minimum Gasteiger partial charge on any atom is -0.506 e. The van der Waals surface area contributed by atoms with E-state index >= 15 is 0 Å². The van der Waals surface area contributed by atoms with E-state index in [9.17, 15) is 29.9 Å². The summed E-state index contributed by atoms with van der Waals surface area (Å²) in [6.07, 6.45) is 1.72. The van der Waals surface area contributed by atoms with Crippen molar-refractivity contribution in [2.24, 2.45) is 11.8 Å². The van der Waals surface area contributed by atoms with Crippen LogP contribution in [0.3, 0.4) is 0 Å². The molecule has 1 aliphatic carbocycles. The van der Waals surface area contributed by atoms with Crippen molar-refractivity contribution in [3.05, 3.63) is 39.4 Å². The van der Waals surface area contributed by atoms with Gasteiger partial charge in [-0.25, -0.2) is 0 Å². The average Bonchev–Trinajstić information content (AvgIpc) is 2.48. The lowest BCUT2D eigenvalue weighted by molar-refractivity contribution is -0.384. The van der Waals surface area contributed by atoms with Crippen LogP contribution in [0.25, 0.3) is 0 Å². The first-order chi connectivity index (χ1) is 10.8. The molecule has 2 rings (SSSR count). The fraction of sp³-hybridized carbons (Fsp3) is 0.286. The lowest BCUT2D eigenvalue weighted by atomic mass is 9.82. The number of phenols is 1. The number of allylic oxidation sites excluding steroid dienone is 2. The van der Waals surface area contributed by atoms with E-state index in [4.69, 9.17) is 11.6 Å². The van der Waals surface area contributed by atoms with Crippen LogP contribution in [0.1, 0.15) is 12.8 Å². The summed E-state index contributed by atoms with van der Waals surface area (Å²) in [5.74, 6) is -4.02. The van der Waals surface area contributed by atoms with Crippen molar-refractivity contribution in [2.75, 3.05) is 5.32 Å². The predicted octanol–water partition coefficient (Wildman–Crippen LogP) is 2.47. The number of rotatable bonds is 4. The van der Waals surface area contributed by atoms with Crippen LogP contribution < -0.4 is 5.32 Å². The molecule has 0 spiro atoms. The van der Waals surface area contributed by atoms with Gasteiger partial charge < -0.3 is 15.5 Å². The first kappa shape index (κ1) is 16.8. The summed E-state index contributed by atoms with van der Waals surface area (Å²) in [5.41, 5.74) is -0.464. The molecule has 0 bridgehead atoms. The van der Waals surface area contributed by atoms with Crippen LogP contribution in [0, 0.1) is 22.0 Å². The van der Waals surface area contributed by atoms with E-state index in [1.807, 2.05) is 0 Å². The number of amides is 1. The molecule has 1 aromatic carbocycles. The van der Waals surface area contributed by atoms with Crippen molar-refractivity contribution >= 4 is 34.9 Å². The van der Waals surface area contributed by atoms with E-state index in [-0.39, 0.29) is 30.0 Å². The number of nitro groups is 1. The highest BCUT2D eigenvalue weighted by Gasteiger charge is 2.36. The number of nitrogens with zero attached hydrogens (tertiary/aromatic N) is 1. The Morgan fingerprint density at radius 2 is 2.04 bits per heavy atom. The van der Waals surface area contributed by atoms with Gasteiger partial charge in [-0.3, -0.25) is 19.7 Å². The molecule has 1 aromatic rings. The molecule has 8 nitrogen and oxygen atoms in total. The van der Waals surface area contributed by atoms with Gasteiger partial charge in [-0.05, 0) is 18.9 Å². The Hall–Kier alpha value is -2.61. The number of hydrogen-bond donors (Lipinski definition) is 3. The maximum atomic E-state index is 12.3. The molecule has 0 unspecified atom stereocenters. The number of benzene rings is 1. The lowest BCUT2D eigenvalue weighted by Crippen LogP contribution is -2.35. The molecule has 9 heteroatoms. The minimum absolute atomic E-state index is 0.0556. The van der Waals surface area contributed by atoms with Gasteiger partial charge in [0, 0.05) is 17.2 Å². The Balaban J connectivity index is 2.24. The third-order valence-corrected chi connectivity index (χ3v) is 3.91. The molecule has 2 atom stereocenters. The van der Waals surface area contributed by atoms with E-state index < -0.39 is 28.6 Å². The maximum absolute atomic E-state index is 12.3. The summed E-state index contributed by atoms with van der Waals surface area (Å²) >= 11 is 5.88. The molecule has 0 saturated heterocycles. The van der Waals surface area contributed by atoms with Crippen molar-refractivity contribution in [1.29, 1.82) is 0 Å². The third-order valence-electron chi connectivity index (χ3n) is 3.60. The van der Waals surface area contributed by atoms with Crippen molar-refractivity contribution in [1.82, 2.24) is 0 Å². The Kier molecular flexibility index (Phi) is 4.85. The van der Waals surface area contributed by atoms with Gasteiger partial charge in [-0.2, -0.15) is 0 Å². The second-order valence-electron chi connectivity index (χ2n) is 5.09. The number of halogens is 1. The molecule has 0 aliphatic heterocycles. The van der Waals surface area contributed by atoms with Gasteiger partial charge >= 0.3 is 5.97 Å². The first-order valence-electron chi connectivity index (χ1n) is 6.65. The number of carboxylic acid groups (broad SMARTS) is 1. The van der Waals surface area contributed by atoms with Gasteiger partial charge in [0.25, 0.3) is 5.69 Å². The van der Waals surface area contributed by atoms with E-state index in [2.05, 4.69) is 5.32 Å². The summed E-state index contributed by atoms with van der Waals surface area (Å²) in [5, 5.41) is 32.4. The molecule has 0 heterocycles. The number of anilines is 1. The lowest BCUT2D eigenvalue weighted by Gasteiger charge is -2.25. The van der Waals surface area contributed by atoms with Gasteiger partial charge in [0.1, 0.15) is 5.75 Å². The maximum Gasteiger partial charge on any atom is 0.307 e. The number of hydrogen-bond acceptors (Lipinski definition) is 5. The monoisotopic (exact) mass is 340 g/mol. The van der Waals surface area contributed by atoms with Crippen LogP contribution in [0.15, 0.2) is 29.3 Å². The van der Waals surface area contributed by atoms with E-state index in [0.717, 1.165) is 18.2 Å². The zero-order valence-corrected chi connectivity index (χ0v) is 12.5. The van der Waals surface area contributed by atoms with Crippen LogP contribution in [0.2, 0.25) is 0 Å². The van der Waals surface area contributed by atoms with Crippen LogP contribution in [0.4, 0.5) is 11.4 Å². The zero-order valence-electron chi connectivity index (χ0n) is 11.7. The molecule has 23 heavy (non-hydrogen) atoms. The fourth-order valence-electron chi connectivity index (χ4n) is 2.37. The quantitative estimate of drug-likeness (QED) is 0.438. The number of carbonyl (C=O) groups excluding carboxylic acids is 1. The summed E-state index contributed by atoms with van der Waals surface area (Å²) in [6.45, 7) is 0. The smallest absolute Gasteiger partial charge is 0.307 e. The number of nitro benzene ring substituents is 1. The molecule has 122 valence electrons. The molecular formula is C14H13ClN2O6. The first-order valence-corrected chi connectivity index (χ1v) is 7.03. The number of carboxylic acids is 1. The van der Waals surface area contributed by atoms with Crippen molar-refractivity contribution in [2.45, 2.75) is 12.8 Å². The van der Waals surface area contributed by atoms with E-state index in [1.165, 1.54) is 0 Å². The Bertz CT molecular complexity index is 703. The zero-order chi connectivity index (χ0) is 17.1. The van der Waals surface area contributed by atoms with E-state index in [1.54, 1.807) is 6.08 Å². The Morgan fingerprint density at radius 3 is 2.65 bits per heavy atom. The topological polar surface area (TPSA) is 130 Å². The summed E-state index contributed by atoms with van der Waals surface area (Å²) in [4.78, 5) is 33.6. The number of non-ortho nitro benzene ring substituents is 1. The van der Waals surface area contributed by atoms with Gasteiger partial charge in [-0.15, -0.1) is 0 Å². The highest BCUT2D eigenvalue weighted by molar-refractivity contribution is 6.29. The van der Waals surface area contributed by atoms with Crippen LogP contribution in [-0.4, -0.2) is 27.0 Å². The molecule has 1 aliphatic rings. The summed E-state index contributed by atoms with van der Waals surface area (Å²) < 4.78 is 0. The average molecular weight is 341 g/mol. The Morgan fingerprint density at radius 1 is 1.35 bits per heavy atom. The summed E-state index contributed by atoms with van der Waals surface area (Å²) in [6, 6.07) is 3.17. The number of phenolic OH excluding ortho intramolecular Hbond substituents is 1. The summed E-state index contributed by atoms with van der Waals surface area (Å²) in [7, 11) is 0. The molecule has 0 fully saturated rings. The van der Waals surface area contributed by atoms with Crippen molar-refractivity contribution in [3.8, 4) is 5.75 Å². The third kappa shape index (κ3) is 3.78. The Labute approximate surface area is 135 Å². The van der Waals surface area contributed by atoms with Crippen LogP contribution in [-0.2, 0) is 9.59 Å². The minimum atomic E-state index is -1.13. The highest BCUT2D eigenvalue weighted by Crippen LogP contribution is 2.34. The van der Waals surface area contributed by atoms with Gasteiger partial charge in [0.15, 0.2) is 0 Å². The number of nitrogens with one attached hydrogen (secondary N) is 1. The SMILES string of the molecule is O=C(O)[C@H]1CC=C(Cl)C[C@H]1C(=O)Nc1cc([N+](=O)[O-])ccc1O. The van der Waals surface area contributed by atoms with Crippen LogP contribution >= 0.6 is 11.6 Å². The van der Waals surface area contributed by atoms with Crippen LogP contribution in [0.5, 0.6) is 5.75 Å². The molecular weight excluding hydrogens is 328 g/mol.